The van der Waals surface area contributed by atoms with Crippen LogP contribution in [0.25, 0.3) is 0 Å². The Bertz CT molecular complexity index is 521. The first-order valence-electron chi connectivity index (χ1n) is 13.4. The molecule has 214 valence electrons. The minimum atomic E-state index is 0. The summed E-state index contributed by atoms with van der Waals surface area (Å²) in [4.78, 5) is 2.78. The summed E-state index contributed by atoms with van der Waals surface area (Å²) < 4.78 is 5.29. The van der Waals surface area contributed by atoms with Gasteiger partial charge in [0.05, 0.1) is 0 Å². The SMILES string of the molecule is C.COCCC1CCC(N[C@@H](CN2CC[C@H](C3CCC(Cl)CC3)C(C)(C)C2)C(C)C)CC1.O.O.O. The third-order valence-corrected chi connectivity index (χ3v) is 9.38. The molecule has 2 atom stereocenters. The number of halogens is 1. The summed E-state index contributed by atoms with van der Waals surface area (Å²) in [5.74, 6) is 3.34. The molecule has 7 heteroatoms. The Balaban J connectivity index is 0. The topological polar surface area (TPSA) is 119 Å². The molecular formula is C28H61ClN2O4. The highest BCUT2D eigenvalue weighted by molar-refractivity contribution is 6.20. The van der Waals surface area contributed by atoms with Gasteiger partial charge in [0, 0.05) is 44.3 Å². The smallest absolute Gasteiger partial charge is 0.0464 e. The van der Waals surface area contributed by atoms with Crippen molar-refractivity contribution in [3.63, 3.8) is 0 Å². The first-order valence-corrected chi connectivity index (χ1v) is 13.8. The van der Waals surface area contributed by atoms with Crippen molar-refractivity contribution in [2.45, 2.75) is 117 Å². The van der Waals surface area contributed by atoms with Gasteiger partial charge in [0.25, 0.3) is 0 Å². The molecular weight excluding hydrogens is 464 g/mol. The van der Waals surface area contributed by atoms with Crippen LogP contribution in [0.5, 0.6) is 0 Å². The van der Waals surface area contributed by atoms with Crippen molar-refractivity contribution >= 4 is 11.6 Å². The predicted molar refractivity (Wildman–Crippen MR) is 152 cm³/mol. The molecule has 0 unspecified atom stereocenters. The first kappa shape index (κ1) is 37.2. The molecule has 6 nitrogen and oxygen atoms in total. The number of nitrogens with one attached hydrogen (secondary N) is 1. The lowest BCUT2D eigenvalue weighted by atomic mass is 9.64. The maximum absolute atomic E-state index is 6.39. The van der Waals surface area contributed by atoms with Gasteiger partial charge in [0.2, 0.25) is 0 Å². The van der Waals surface area contributed by atoms with E-state index in [-0.39, 0.29) is 23.9 Å². The maximum atomic E-state index is 6.39. The van der Waals surface area contributed by atoms with Crippen LogP contribution in [0.3, 0.4) is 0 Å². The molecule has 0 spiro atoms. The van der Waals surface area contributed by atoms with Crippen molar-refractivity contribution in [2.24, 2.45) is 29.1 Å². The first-order chi connectivity index (χ1) is 14.8. The van der Waals surface area contributed by atoms with Gasteiger partial charge in [-0.1, -0.05) is 35.1 Å². The highest BCUT2D eigenvalue weighted by Crippen LogP contribution is 2.45. The molecule has 0 aromatic rings. The van der Waals surface area contributed by atoms with Crippen LogP contribution in [0, 0.1) is 29.1 Å². The normalized spacial score (nSPS) is 31.8. The Morgan fingerprint density at radius 3 is 2.06 bits per heavy atom. The maximum Gasteiger partial charge on any atom is 0.0464 e. The van der Waals surface area contributed by atoms with Gasteiger partial charge in [-0.3, -0.25) is 0 Å². The minimum absolute atomic E-state index is 0. The van der Waals surface area contributed by atoms with Crippen molar-refractivity contribution in [2.75, 3.05) is 33.4 Å². The molecule has 3 rings (SSSR count). The van der Waals surface area contributed by atoms with Gasteiger partial charge >= 0.3 is 0 Å². The predicted octanol–water partition coefficient (Wildman–Crippen LogP) is 4.50. The van der Waals surface area contributed by atoms with E-state index in [1.807, 2.05) is 7.11 Å². The van der Waals surface area contributed by atoms with Gasteiger partial charge in [-0.05, 0) is 99.8 Å². The molecule has 2 saturated carbocycles. The van der Waals surface area contributed by atoms with E-state index in [2.05, 4.69) is 37.9 Å². The molecule has 0 aromatic carbocycles. The monoisotopic (exact) mass is 524 g/mol. The van der Waals surface area contributed by atoms with Crippen molar-refractivity contribution in [1.29, 1.82) is 0 Å². The van der Waals surface area contributed by atoms with Gasteiger partial charge in [-0.2, -0.15) is 0 Å². The van der Waals surface area contributed by atoms with Gasteiger partial charge in [0.1, 0.15) is 0 Å². The molecule has 1 saturated heterocycles. The molecule has 0 radical (unpaired) electrons. The fraction of sp³-hybridized carbons (Fsp3) is 1.00. The van der Waals surface area contributed by atoms with Crippen LogP contribution in [-0.4, -0.2) is 72.1 Å². The summed E-state index contributed by atoms with van der Waals surface area (Å²) in [6.07, 6.45) is 13.2. The van der Waals surface area contributed by atoms with Gasteiger partial charge in [-0.25, -0.2) is 0 Å². The summed E-state index contributed by atoms with van der Waals surface area (Å²) in [5.41, 5.74) is 0.420. The second-order valence-corrected chi connectivity index (χ2v) is 12.8. The highest BCUT2D eigenvalue weighted by atomic mass is 35.5. The molecule has 0 aromatic heterocycles. The number of alkyl halides is 1. The third kappa shape index (κ3) is 11.1. The summed E-state index contributed by atoms with van der Waals surface area (Å²) in [5, 5.41) is 4.54. The number of nitrogens with zero attached hydrogens (tertiary/aromatic N) is 1. The second-order valence-electron chi connectivity index (χ2n) is 12.1. The van der Waals surface area contributed by atoms with Gasteiger partial charge < -0.3 is 31.4 Å². The molecule has 1 heterocycles. The fourth-order valence-corrected chi connectivity index (χ4v) is 7.19. The van der Waals surface area contributed by atoms with Crippen LogP contribution < -0.4 is 5.32 Å². The number of ether oxygens (including phenoxy) is 1. The summed E-state index contributed by atoms with van der Waals surface area (Å²) in [6, 6.07) is 1.32. The number of rotatable bonds is 9. The van der Waals surface area contributed by atoms with E-state index in [1.54, 1.807) is 0 Å². The number of piperidine rings is 1. The van der Waals surface area contributed by atoms with Gasteiger partial charge in [0.15, 0.2) is 0 Å². The van der Waals surface area contributed by atoms with Crippen molar-refractivity contribution in [1.82, 2.24) is 10.2 Å². The molecule has 1 aliphatic heterocycles. The van der Waals surface area contributed by atoms with E-state index in [1.165, 1.54) is 83.8 Å². The Labute approximate surface area is 222 Å². The standard InChI is InChI=1S/C27H51ClN2O.CH4.3H2O/c1-20(2)26(29-24-12-6-21(7-13-24)15-17-31-5)18-30-16-14-25(27(3,4)19-30)22-8-10-23(28)11-9-22;;;;/h20-26,29H,6-19H2,1-5H3;1H4;3*1H2/t21?,22?,23?,24?,25-,26+;;;;/m1..../s1. The lowest BCUT2D eigenvalue weighted by Gasteiger charge is -2.50. The van der Waals surface area contributed by atoms with E-state index in [0.717, 1.165) is 24.4 Å². The van der Waals surface area contributed by atoms with Crippen LogP contribution in [0.15, 0.2) is 0 Å². The van der Waals surface area contributed by atoms with E-state index in [4.69, 9.17) is 16.3 Å². The summed E-state index contributed by atoms with van der Waals surface area (Å²) in [7, 11) is 1.83. The molecule has 0 bridgehead atoms. The zero-order valence-corrected chi connectivity index (χ0v) is 23.4. The number of likely N-dealkylation sites (tertiary alicyclic amines) is 1. The average Bonchev–Trinajstić information content (AvgIpc) is 2.73. The van der Waals surface area contributed by atoms with Crippen LogP contribution in [0.1, 0.15) is 99.3 Å². The number of hydrogen-bond acceptors (Lipinski definition) is 3. The van der Waals surface area contributed by atoms with Crippen molar-refractivity contribution in [3.8, 4) is 0 Å². The Hall–Kier alpha value is 0.0500. The summed E-state index contributed by atoms with van der Waals surface area (Å²) in [6.45, 7) is 14.6. The van der Waals surface area contributed by atoms with E-state index in [9.17, 15) is 0 Å². The number of hydrogen-bond donors (Lipinski definition) is 1. The van der Waals surface area contributed by atoms with Crippen molar-refractivity contribution < 1.29 is 21.2 Å². The van der Waals surface area contributed by atoms with E-state index >= 15 is 0 Å². The Kier molecular flexibility index (Phi) is 18.6. The molecule has 35 heavy (non-hydrogen) atoms. The van der Waals surface area contributed by atoms with Gasteiger partial charge in [-0.15, -0.1) is 11.6 Å². The molecule has 3 aliphatic rings. The minimum Gasteiger partial charge on any atom is -0.412 e. The Morgan fingerprint density at radius 2 is 1.54 bits per heavy atom. The molecule has 7 N–H and O–H groups in total. The van der Waals surface area contributed by atoms with Crippen LogP contribution >= 0.6 is 11.6 Å². The van der Waals surface area contributed by atoms with Crippen LogP contribution in [0.4, 0.5) is 0 Å². The lowest BCUT2D eigenvalue weighted by molar-refractivity contribution is 0.00381. The molecule has 2 aliphatic carbocycles. The summed E-state index contributed by atoms with van der Waals surface area (Å²) >= 11 is 6.39. The Morgan fingerprint density at radius 1 is 0.943 bits per heavy atom. The largest absolute Gasteiger partial charge is 0.412 e. The van der Waals surface area contributed by atoms with Crippen LogP contribution in [0.2, 0.25) is 0 Å². The zero-order valence-electron chi connectivity index (χ0n) is 22.7. The fourth-order valence-electron chi connectivity index (χ4n) is 6.93. The van der Waals surface area contributed by atoms with E-state index in [0.29, 0.717) is 28.8 Å². The van der Waals surface area contributed by atoms with E-state index < -0.39 is 0 Å². The lowest BCUT2D eigenvalue weighted by Crippen LogP contribution is -2.54. The number of methoxy groups -OCH3 is 1. The van der Waals surface area contributed by atoms with Crippen molar-refractivity contribution in [3.05, 3.63) is 0 Å². The zero-order chi connectivity index (χ0) is 22.4. The third-order valence-electron chi connectivity index (χ3n) is 8.95. The quantitative estimate of drug-likeness (QED) is 0.447. The molecule has 0 amide bonds. The van der Waals surface area contributed by atoms with Crippen LogP contribution in [-0.2, 0) is 4.74 Å². The molecule has 3 fully saturated rings. The highest BCUT2D eigenvalue weighted by Gasteiger charge is 2.41. The second kappa shape index (κ2) is 17.5. The average molecular weight is 525 g/mol.